The van der Waals surface area contributed by atoms with Crippen LogP contribution in [0.5, 0.6) is 0 Å². The standard InChI is InChI=1S/C40H33N/c1-5-13-27-26(6-2)28-14-7-8-15-29(28)30-21-20-25(24-34(27)30)41-36-19-12-10-17-33(36)38-37(41)23-22-32-31-16-9-11-18-35(31)40(3,4)39(32)38/h5,7-24H,6H2,1-4H3/b13-5-. The number of hydrogen-bond acceptors (Lipinski definition) is 0. The minimum absolute atomic E-state index is 0.0716. The largest absolute Gasteiger partial charge is 0.309 e. The highest BCUT2D eigenvalue weighted by Crippen LogP contribution is 2.53. The Labute approximate surface area is 241 Å². The molecular weight excluding hydrogens is 494 g/mol. The van der Waals surface area contributed by atoms with Gasteiger partial charge >= 0.3 is 0 Å². The van der Waals surface area contributed by atoms with E-state index in [2.05, 4.69) is 148 Å². The van der Waals surface area contributed by atoms with Gasteiger partial charge in [-0.2, -0.15) is 0 Å². The molecule has 0 bridgehead atoms. The second-order valence-electron chi connectivity index (χ2n) is 11.9. The van der Waals surface area contributed by atoms with Crippen LogP contribution in [-0.4, -0.2) is 4.57 Å². The summed E-state index contributed by atoms with van der Waals surface area (Å²) in [6.07, 6.45) is 5.48. The van der Waals surface area contributed by atoms with Gasteiger partial charge in [0.1, 0.15) is 0 Å². The van der Waals surface area contributed by atoms with E-state index in [9.17, 15) is 0 Å². The third-order valence-corrected chi connectivity index (χ3v) is 9.46. The van der Waals surface area contributed by atoms with E-state index in [-0.39, 0.29) is 5.41 Å². The Hall–Kier alpha value is -4.62. The van der Waals surface area contributed by atoms with Gasteiger partial charge in [0.2, 0.25) is 0 Å². The highest BCUT2D eigenvalue weighted by Gasteiger charge is 2.37. The van der Waals surface area contributed by atoms with Crippen LogP contribution in [-0.2, 0) is 11.8 Å². The summed E-state index contributed by atoms with van der Waals surface area (Å²) in [5.41, 5.74) is 12.0. The van der Waals surface area contributed by atoms with Crippen LogP contribution in [0.2, 0.25) is 0 Å². The van der Waals surface area contributed by atoms with Crippen molar-refractivity contribution in [2.75, 3.05) is 0 Å². The van der Waals surface area contributed by atoms with Crippen LogP contribution >= 0.6 is 0 Å². The van der Waals surface area contributed by atoms with Gasteiger partial charge < -0.3 is 4.57 Å². The van der Waals surface area contributed by atoms with Crippen molar-refractivity contribution in [2.24, 2.45) is 0 Å². The quantitative estimate of drug-likeness (QED) is 0.201. The van der Waals surface area contributed by atoms with Crippen LogP contribution in [0.15, 0.2) is 109 Å². The number of hydrogen-bond donors (Lipinski definition) is 0. The van der Waals surface area contributed by atoms with Crippen LogP contribution in [0, 0.1) is 0 Å². The number of benzene rings is 6. The zero-order valence-corrected chi connectivity index (χ0v) is 24.1. The molecule has 0 radical (unpaired) electrons. The molecule has 8 rings (SSSR count). The predicted molar refractivity (Wildman–Crippen MR) is 177 cm³/mol. The molecule has 1 heteroatoms. The molecule has 1 aliphatic rings. The lowest BCUT2D eigenvalue weighted by atomic mass is 9.80. The maximum atomic E-state index is 2.49. The molecule has 198 valence electrons. The van der Waals surface area contributed by atoms with E-state index in [1.807, 2.05) is 0 Å². The number of para-hydroxylation sites is 1. The lowest BCUT2D eigenvalue weighted by molar-refractivity contribution is 0.666. The zero-order valence-electron chi connectivity index (χ0n) is 24.1. The summed E-state index contributed by atoms with van der Waals surface area (Å²) in [4.78, 5) is 0. The van der Waals surface area contributed by atoms with Gasteiger partial charge in [-0.25, -0.2) is 0 Å². The van der Waals surface area contributed by atoms with E-state index >= 15 is 0 Å². The van der Waals surface area contributed by atoms with Crippen LogP contribution < -0.4 is 0 Å². The maximum Gasteiger partial charge on any atom is 0.0544 e. The van der Waals surface area contributed by atoms with E-state index in [0.717, 1.165) is 6.42 Å². The fourth-order valence-electron chi connectivity index (χ4n) is 7.77. The Morgan fingerprint density at radius 2 is 1.37 bits per heavy atom. The average Bonchev–Trinajstić information content (AvgIpc) is 3.46. The van der Waals surface area contributed by atoms with Crippen molar-refractivity contribution in [1.82, 2.24) is 4.57 Å². The zero-order chi connectivity index (χ0) is 27.9. The normalized spacial score (nSPS) is 14.0. The molecule has 0 aliphatic heterocycles. The second kappa shape index (κ2) is 8.69. The molecule has 0 unspecified atom stereocenters. The number of nitrogens with zero attached hydrogens (tertiary/aromatic N) is 1. The van der Waals surface area contributed by atoms with E-state index in [1.54, 1.807) is 0 Å². The fourth-order valence-corrected chi connectivity index (χ4v) is 7.77. The van der Waals surface area contributed by atoms with Gasteiger partial charge in [0.25, 0.3) is 0 Å². The molecule has 0 spiro atoms. The SMILES string of the molecule is C/C=C\c1c(CC)c2ccccc2c2ccc(-n3c4ccccc4c4c5c(ccc43)-c3ccccc3C5(C)C)cc12. The maximum absolute atomic E-state index is 2.49. The molecule has 0 saturated heterocycles. The van der Waals surface area contributed by atoms with Gasteiger partial charge in [-0.1, -0.05) is 112 Å². The fraction of sp³-hybridized carbons (Fsp3) is 0.150. The molecule has 1 nitrogen and oxygen atoms in total. The molecule has 41 heavy (non-hydrogen) atoms. The first-order chi connectivity index (χ1) is 20.0. The van der Waals surface area contributed by atoms with Crippen molar-refractivity contribution < 1.29 is 0 Å². The van der Waals surface area contributed by atoms with Gasteiger partial charge in [-0.3, -0.25) is 0 Å². The summed E-state index contributed by atoms with van der Waals surface area (Å²) in [6, 6.07) is 38.6. The first-order valence-electron chi connectivity index (χ1n) is 14.8. The summed E-state index contributed by atoms with van der Waals surface area (Å²) < 4.78 is 2.49. The molecule has 1 aliphatic carbocycles. The van der Waals surface area contributed by atoms with Gasteiger partial charge in [0.15, 0.2) is 0 Å². The van der Waals surface area contributed by atoms with Crippen LogP contribution in [0.4, 0.5) is 0 Å². The summed E-state index contributed by atoms with van der Waals surface area (Å²) in [5, 5.41) is 8.02. The van der Waals surface area contributed by atoms with Crippen molar-refractivity contribution >= 4 is 49.4 Å². The second-order valence-corrected chi connectivity index (χ2v) is 11.9. The van der Waals surface area contributed by atoms with Crippen LogP contribution in [0.1, 0.15) is 49.9 Å². The van der Waals surface area contributed by atoms with Crippen molar-refractivity contribution in [3.8, 4) is 16.8 Å². The number of fused-ring (bicyclic) bond motifs is 10. The summed E-state index contributed by atoms with van der Waals surface area (Å²) >= 11 is 0. The first-order valence-corrected chi connectivity index (χ1v) is 14.8. The molecular formula is C40H33N. The Kier molecular flexibility index (Phi) is 5.13. The van der Waals surface area contributed by atoms with Crippen LogP contribution in [0.25, 0.3) is 66.2 Å². The molecule has 0 saturated carbocycles. The van der Waals surface area contributed by atoms with Gasteiger partial charge in [-0.15, -0.1) is 0 Å². The predicted octanol–water partition coefficient (Wildman–Crippen LogP) is 11.0. The number of allylic oxidation sites excluding steroid dienone is 1. The van der Waals surface area contributed by atoms with Crippen molar-refractivity contribution in [1.29, 1.82) is 0 Å². The number of rotatable bonds is 3. The lowest BCUT2D eigenvalue weighted by Crippen LogP contribution is -2.15. The van der Waals surface area contributed by atoms with Gasteiger partial charge in [0.05, 0.1) is 11.0 Å². The van der Waals surface area contributed by atoms with Crippen molar-refractivity contribution in [3.05, 3.63) is 131 Å². The smallest absolute Gasteiger partial charge is 0.0544 e. The van der Waals surface area contributed by atoms with E-state index in [0.29, 0.717) is 0 Å². The number of aromatic nitrogens is 1. The van der Waals surface area contributed by atoms with Gasteiger partial charge in [-0.05, 0) is 92.5 Å². The third kappa shape index (κ3) is 3.18. The molecule has 1 heterocycles. The Bertz CT molecular complexity index is 2220. The van der Waals surface area contributed by atoms with Crippen molar-refractivity contribution in [3.63, 3.8) is 0 Å². The summed E-state index contributed by atoms with van der Waals surface area (Å²) in [7, 11) is 0. The molecule has 0 amide bonds. The monoisotopic (exact) mass is 527 g/mol. The Balaban J connectivity index is 1.49. The molecule has 0 N–H and O–H groups in total. The Morgan fingerprint density at radius 1 is 0.659 bits per heavy atom. The average molecular weight is 528 g/mol. The molecule has 6 aromatic carbocycles. The van der Waals surface area contributed by atoms with E-state index in [1.165, 1.54) is 82.4 Å². The highest BCUT2D eigenvalue weighted by molar-refractivity contribution is 6.16. The van der Waals surface area contributed by atoms with E-state index in [4.69, 9.17) is 0 Å². The van der Waals surface area contributed by atoms with Gasteiger partial charge in [0, 0.05) is 21.9 Å². The molecule has 1 aromatic heterocycles. The lowest BCUT2D eigenvalue weighted by Gasteiger charge is -2.22. The van der Waals surface area contributed by atoms with Crippen LogP contribution in [0.3, 0.4) is 0 Å². The molecule has 7 aromatic rings. The topological polar surface area (TPSA) is 4.93 Å². The minimum Gasteiger partial charge on any atom is -0.309 e. The summed E-state index contributed by atoms with van der Waals surface area (Å²) in [6.45, 7) is 9.18. The Morgan fingerprint density at radius 3 is 2.17 bits per heavy atom. The third-order valence-electron chi connectivity index (χ3n) is 9.46. The minimum atomic E-state index is -0.0716. The molecule has 0 fully saturated rings. The number of aryl methyl sites for hydroxylation is 1. The van der Waals surface area contributed by atoms with E-state index < -0.39 is 0 Å². The summed E-state index contributed by atoms with van der Waals surface area (Å²) in [5.74, 6) is 0. The molecule has 0 atom stereocenters. The van der Waals surface area contributed by atoms with Crippen molar-refractivity contribution in [2.45, 2.75) is 39.5 Å². The first kappa shape index (κ1) is 24.2. The highest BCUT2D eigenvalue weighted by atomic mass is 15.0.